The Balaban J connectivity index is 1.57. The largest absolute Gasteiger partial charge is 0.482 e. The maximum Gasteiger partial charge on any atom is 0.265 e. The Morgan fingerprint density at radius 3 is 2.89 bits per heavy atom. The number of carbonyl (C=O) groups is 3. The van der Waals surface area contributed by atoms with E-state index in [4.69, 9.17) is 9.15 Å². The van der Waals surface area contributed by atoms with Gasteiger partial charge in [0.25, 0.3) is 5.91 Å². The van der Waals surface area contributed by atoms with Crippen molar-refractivity contribution in [2.75, 3.05) is 18.1 Å². The molecule has 142 valence electrons. The molecule has 1 aliphatic rings. The van der Waals surface area contributed by atoms with E-state index in [9.17, 15) is 14.4 Å². The summed E-state index contributed by atoms with van der Waals surface area (Å²) in [6.45, 7) is 1.46. The smallest absolute Gasteiger partial charge is 0.265 e. The Labute approximate surface area is 164 Å². The molecule has 0 radical (unpaired) electrons. The van der Waals surface area contributed by atoms with Gasteiger partial charge in [-0.25, -0.2) is 0 Å². The van der Waals surface area contributed by atoms with E-state index < -0.39 is 11.9 Å². The van der Waals surface area contributed by atoms with Crippen molar-refractivity contribution in [3.05, 3.63) is 46.8 Å². The quantitative estimate of drug-likeness (QED) is 0.717. The first-order chi connectivity index (χ1) is 12.9. The van der Waals surface area contributed by atoms with E-state index in [1.54, 1.807) is 37.3 Å². The van der Waals surface area contributed by atoms with Crippen LogP contribution in [0.2, 0.25) is 0 Å². The lowest BCUT2D eigenvalue weighted by molar-refractivity contribution is -0.129. The molecule has 0 bridgehead atoms. The van der Waals surface area contributed by atoms with Crippen LogP contribution in [0.25, 0.3) is 0 Å². The molecule has 3 amide bonds. The molecule has 3 rings (SSSR count). The van der Waals surface area contributed by atoms with Gasteiger partial charge in [-0.15, -0.1) is 0 Å². The van der Waals surface area contributed by atoms with Crippen LogP contribution in [0.4, 0.5) is 5.69 Å². The van der Waals surface area contributed by atoms with Crippen LogP contribution in [0.5, 0.6) is 5.75 Å². The predicted molar refractivity (Wildman–Crippen MR) is 100 cm³/mol. The summed E-state index contributed by atoms with van der Waals surface area (Å²) in [5.74, 6) is 0.0108. The Kier molecular flexibility index (Phi) is 5.80. The summed E-state index contributed by atoms with van der Waals surface area (Å²) in [5, 5.41) is 5.27. The van der Waals surface area contributed by atoms with Gasteiger partial charge in [0.15, 0.2) is 6.61 Å². The molecule has 0 fully saturated rings. The van der Waals surface area contributed by atoms with Crippen molar-refractivity contribution in [3.63, 3.8) is 0 Å². The molecule has 0 spiro atoms. The van der Waals surface area contributed by atoms with Crippen LogP contribution in [0, 0.1) is 0 Å². The Morgan fingerprint density at radius 1 is 1.33 bits per heavy atom. The molecular formula is C18H18BrN3O5. The number of ether oxygens (including phenoxy) is 1. The molecule has 1 aliphatic heterocycles. The Bertz CT molecular complexity index is 853. The highest BCUT2D eigenvalue weighted by molar-refractivity contribution is 9.10. The number of fused-ring (bicyclic) bond motifs is 1. The number of hydrogen-bond donors (Lipinski definition) is 2. The summed E-state index contributed by atoms with van der Waals surface area (Å²) in [6, 6.07) is 7.90. The first-order valence-electron chi connectivity index (χ1n) is 8.26. The number of nitrogens with zero attached hydrogens (tertiary/aromatic N) is 1. The van der Waals surface area contributed by atoms with Crippen LogP contribution in [-0.2, 0) is 20.9 Å². The zero-order valence-electron chi connectivity index (χ0n) is 14.5. The average molecular weight is 436 g/mol. The molecule has 0 saturated heterocycles. The highest BCUT2D eigenvalue weighted by atomic mass is 79.9. The van der Waals surface area contributed by atoms with Crippen molar-refractivity contribution in [1.29, 1.82) is 0 Å². The number of hydrogen-bond acceptors (Lipinski definition) is 5. The summed E-state index contributed by atoms with van der Waals surface area (Å²) in [5.41, 5.74) is 0.513. The summed E-state index contributed by atoms with van der Waals surface area (Å²) < 4.78 is 11.3. The molecule has 0 aliphatic carbocycles. The SMILES string of the molecule is CC(NC(=O)CN1C(=O)COc2cc(Br)ccc21)C(=O)NCc1ccco1. The molecule has 1 atom stereocenters. The Morgan fingerprint density at radius 2 is 2.15 bits per heavy atom. The normalized spacial score (nSPS) is 14.1. The number of nitrogens with one attached hydrogen (secondary N) is 2. The molecule has 1 unspecified atom stereocenters. The maximum absolute atomic E-state index is 12.3. The van der Waals surface area contributed by atoms with E-state index in [2.05, 4.69) is 26.6 Å². The first kappa shape index (κ1) is 19.0. The predicted octanol–water partition coefficient (Wildman–Crippen LogP) is 1.59. The van der Waals surface area contributed by atoms with Crippen LogP contribution in [-0.4, -0.2) is 36.9 Å². The molecule has 1 aromatic carbocycles. The summed E-state index contributed by atoms with van der Waals surface area (Å²) in [4.78, 5) is 37.9. The Hall–Kier alpha value is -2.81. The fourth-order valence-electron chi connectivity index (χ4n) is 2.59. The van der Waals surface area contributed by atoms with Gasteiger partial charge in [0.05, 0.1) is 18.5 Å². The van der Waals surface area contributed by atoms with E-state index in [0.717, 1.165) is 4.47 Å². The minimum Gasteiger partial charge on any atom is -0.482 e. The summed E-state index contributed by atoms with van der Waals surface area (Å²) in [7, 11) is 0. The van der Waals surface area contributed by atoms with E-state index in [1.165, 1.54) is 11.2 Å². The number of amides is 3. The minimum atomic E-state index is -0.756. The van der Waals surface area contributed by atoms with Gasteiger partial charge in [-0.2, -0.15) is 0 Å². The number of carbonyl (C=O) groups excluding carboxylic acids is 3. The van der Waals surface area contributed by atoms with Gasteiger partial charge < -0.3 is 19.8 Å². The number of furan rings is 1. The zero-order valence-corrected chi connectivity index (χ0v) is 16.1. The van der Waals surface area contributed by atoms with Gasteiger partial charge in [0.1, 0.15) is 24.1 Å². The molecule has 27 heavy (non-hydrogen) atoms. The molecule has 1 aromatic heterocycles. The fraction of sp³-hybridized carbons (Fsp3) is 0.278. The van der Waals surface area contributed by atoms with E-state index in [-0.39, 0.29) is 31.5 Å². The number of halogens is 1. The van der Waals surface area contributed by atoms with Gasteiger partial charge in [-0.1, -0.05) is 15.9 Å². The second-order valence-electron chi connectivity index (χ2n) is 5.97. The minimum absolute atomic E-state index is 0.143. The number of benzene rings is 1. The second kappa shape index (κ2) is 8.26. The van der Waals surface area contributed by atoms with E-state index in [1.807, 2.05) is 0 Å². The van der Waals surface area contributed by atoms with Crippen LogP contribution < -0.4 is 20.3 Å². The lowest BCUT2D eigenvalue weighted by Gasteiger charge is -2.29. The third kappa shape index (κ3) is 4.68. The molecular weight excluding hydrogens is 418 g/mol. The third-order valence-electron chi connectivity index (χ3n) is 3.95. The fourth-order valence-corrected chi connectivity index (χ4v) is 2.93. The van der Waals surface area contributed by atoms with Gasteiger partial charge in [0, 0.05) is 4.47 Å². The lowest BCUT2D eigenvalue weighted by atomic mass is 10.2. The van der Waals surface area contributed by atoms with E-state index in [0.29, 0.717) is 17.2 Å². The number of rotatable bonds is 6. The average Bonchev–Trinajstić information content (AvgIpc) is 3.15. The maximum atomic E-state index is 12.3. The highest BCUT2D eigenvalue weighted by Gasteiger charge is 2.28. The lowest BCUT2D eigenvalue weighted by Crippen LogP contribution is -2.50. The highest BCUT2D eigenvalue weighted by Crippen LogP contribution is 2.34. The van der Waals surface area contributed by atoms with Gasteiger partial charge >= 0.3 is 0 Å². The third-order valence-corrected chi connectivity index (χ3v) is 4.45. The van der Waals surface area contributed by atoms with Gasteiger partial charge in [-0.3, -0.25) is 19.3 Å². The topological polar surface area (TPSA) is 101 Å². The van der Waals surface area contributed by atoms with Crippen molar-refractivity contribution in [2.24, 2.45) is 0 Å². The van der Waals surface area contributed by atoms with E-state index >= 15 is 0 Å². The first-order valence-corrected chi connectivity index (χ1v) is 9.05. The van der Waals surface area contributed by atoms with Crippen LogP contribution in [0.3, 0.4) is 0 Å². The van der Waals surface area contributed by atoms with Crippen molar-refractivity contribution >= 4 is 39.3 Å². The monoisotopic (exact) mass is 435 g/mol. The molecule has 8 nitrogen and oxygen atoms in total. The molecule has 9 heteroatoms. The standard InChI is InChI=1S/C18H18BrN3O5/c1-11(18(25)20-8-13-3-2-6-26-13)21-16(23)9-22-14-5-4-12(19)7-15(14)27-10-17(22)24/h2-7,11H,8-10H2,1H3,(H,20,25)(H,21,23). The van der Waals surface area contributed by atoms with Gasteiger partial charge in [0.2, 0.25) is 11.8 Å². The van der Waals surface area contributed by atoms with Gasteiger partial charge in [-0.05, 0) is 37.3 Å². The van der Waals surface area contributed by atoms with Crippen molar-refractivity contribution in [2.45, 2.75) is 19.5 Å². The summed E-state index contributed by atoms with van der Waals surface area (Å²) in [6.07, 6.45) is 1.52. The molecule has 2 heterocycles. The summed E-state index contributed by atoms with van der Waals surface area (Å²) >= 11 is 3.34. The zero-order chi connectivity index (χ0) is 19.4. The van der Waals surface area contributed by atoms with Crippen molar-refractivity contribution < 1.29 is 23.5 Å². The van der Waals surface area contributed by atoms with Crippen molar-refractivity contribution in [1.82, 2.24) is 10.6 Å². The molecule has 0 saturated carbocycles. The van der Waals surface area contributed by atoms with Crippen LogP contribution in [0.1, 0.15) is 12.7 Å². The van der Waals surface area contributed by atoms with Crippen molar-refractivity contribution in [3.8, 4) is 5.75 Å². The molecule has 2 N–H and O–H groups in total. The second-order valence-corrected chi connectivity index (χ2v) is 6.88. The molecule has 2 aromatic rings. The number of anilines is 1. The van der Waals surface area contributed by atoms with Crippen LogP contribution in [0.15, 0.2) is 45.5 Å². The van der Waals surface area contributed by atoms with Crippen LogP contribution >= 0.6 is 15.9 Å².